The average molecular weight is 584 g/mol. The number of carbonyl (C=O) groups excluding carboxylic acids is 4. The van der Waals surface area contributed by atoms with E-state index in [2.05, 4.69) is 9.88 Å². The van der Waals surface area contributed by atoms with E-state index in [1.807, 2.05) is 30.0 Å². The molecule has 42 heavy (non-hydrogen) atoms. The van der Waals surface area contributed by atoms with Crippen molar-refractivity contribution in [2.45, 2.75) is 19.8 Å². The Labute approximate surface area is 246 Å². The van der Waals surface area contributed by atoms with Gasteiger partial charge >= 0.3 is 0 Å². The molecule has 0 N–H and O–H groups in total. The van der Waals surface area contributed by atoms with Gasteiger partial charge in [0.15, 0.2) is 5.76 Å². The van der Waals surface area contributed by atoms with Gasteiger partial charge < -0.3 is 19.1 Å². The van der Waals surface area contributed by atoms with Gasteiger partial charge in [0.2, 0.25) is 5.91 Å². The summed E-state index contributed by atoms with van der Waals surface area (Å²) in [5, 5.41) is 0.922. The number of benzene rings is 2. The van der Waals surface area contributed by atoms with E-state index < -0.39 is 0 Å². The van der Waals surface area contributed by atoms with Gasteiger partial charge in [0, 0.05) is 39.3 Å². The maximum absolute atomic E-state index is 13.8. The Kier molecular flexibility index (Phi) is 6.53. The number of thiazole rings is 1. The summed E-state index contributed by atoms with van der Waals surface area (Å²) < 4.78 is 6.16. The second kappa shape index (κ2) is 10.4. The van der Waals surface area contributed by atoms with Crippen LogP contribution >= 0.6 is 11.3 Å². The summed E-state index contributed by atoms with van der Waals surface area (Å²) in [5.74, 6) is -0.721. The van der Waals surface area contributed by atoms with Gasteiger partial charge in [0.05, 0.1) is 49.9 Å². The van der Waals surface area contributed by atoms with Crippen LogP contribution < -0.4 is 9.80 Å². The van der Waals surface area contributed by atoms with Crippen LogP contribution in [-0.2, 0) is 4.79 Å². The molecular weight excluding hydrogens is 554 g/mol. The quantitative estimate of drug-likeness (QED) is 0.332. The van der Waals surface area contributed by atoms with Crippen molar-refractivity contribution in [2.75, 3.05) is 49.1 Å². The highest BCUT2D eigenvalue weighted by molar-refractivity contribution is 7.18. The number of hydrogen-bond donors (Lipinski definition) is 0. The van der Waals surface area contributed by atoms with Crippen molar-refractivity contribution in [2.24, 2.45) is 5.92 Å². The van der Waals surface area contributed by atoms with Crippen LogP contribution in [-0.4, -0.2) is 77.7 Å². The van der Waals surface area contributed by atoms with E-state index in [1.54, 1.807) is 35.2 Å². The zero-order valence-corrected chi connectivity index (χ0v) is 23.9. The Morgan fingerprint density at radius 3 is 2.55 bits per heavy atom. The minimum absolute atomic E-state index is 0.0644. The van der Waals surface area contributed by atoms with E-state index in [9.17, 15) is 19.2 Å². The van der Waals surface area contributed by atoms with Crippen LogP contribution in [0.15, 0.2) is 59.2 Å². The van der Waals surface area contributed by atoms with E-state index in [1.165, 1.54) is 22.5 Å². The molecule has 3 aliphatic heterocycles. The van der Waals surface area contributed by atoms with Crippen LogP contribution in [0, 0.1) is 12.8 Å². The number of hydrogen-bond acceptors (Lipinski definition) is 8. The number of anilines is 2. The molecule has 5 heterocycles. The number of rotatable bonds is 4. The second-order valence-electron chi connectivity index (χ2n) is 10.9. The smallest absolute Gasteiger partial charge is 0.289 e. The first kappa shape index (κ1) is 26.4. The lowest BCUT2D eigenvalue weighted by Gasteiger charge is -2.39. The van der Waals surface area contributed by atoms with Gasteiger partial charge in [-0.15, -0.1) is 11.3 Å². The normalized spacial score (nSPS) is 19.1. The molecule has 0 radical (unpaired) electrons. The highest BCUT2D eigenvalue weighted by atomic mass is 32.1. The lowest BCUT2D eigenvalue weighted by Crippen LogP contribution is -2.53. The Hall–Kier alpha value is -4.51. The number of nitrogens with zero attached hydrogens (tertiary/aromatic N) is 5. The predicted octanol–water partition coefficient (Wildman–Crippen LogP) is 4.20. The molecule has 2 fully saturated rings. The van der Waals surface area contributed by atoms with E-state index in [4.69, 9.17) is 4.42 Å². The SMILES string of the molecule is Cc1nc2ccc(N3C(=O)c4cccc(N5CCC[C@H](C(=O)N6CCN(C(=O)c7ccco7)CC6)C5)c4C3=O)cc2s1. The van der Waals surface area contributed by atoms with E-state index in [-0.39, 0.29) is 29.5 Å². The molecule has 3 aliphatic rings. The molecule has 2 saturated heterocycles. The summed E-state index contributed by atoms with van der Waals surface area (Å²) in [6.07, 6.45) is 3.03. The summed E-state index contributed by atoms with van der Waals surface area (Å²) >= 11 is 1.52. The van der Waals surface area contributed by atoms with E-state index in [0.717, 1.165) is 28.1 Å². The third-order valence-electron chi connectivity index (χ3n) is 8.35. The molecule has 1 atom stereocenters. The highest BCUT2D eigenvalue weighted by Gasteiger charge is 2.41. The number of amides is 4. The first-order chi connectivity index (χ1) is 20.4. The van der Waals surface area contributed by atoms with Gasteiger partial charge in [-0.05, 0) is 62.2 Å². The van der Waals surface area contributed by atoms with Crippen molar-refractivity contribution >= 4 is 56.6 Å². The predicted molar refractivity (Wildman–Crippen MR) is 158 cm³/mol. The maximum atomic E-state index is 13.8. The number of fused-ring (bicyclic) bond motifs is 2. The molecule has 4 amide bonds. The largest absolute Gasteiger partial charge is 0.459 e. The summed E-state index contributed by atoms with van der Waals surface area (Å²) in [6, 6.07) is 14.2. The van der Waals surface area contributed by atoms with Crippen molar-refractivity contribution in [1.29, 1.82) is 0 Å². The number of aryl methyl sites for hydroxylation is 1. The molecule has 0 saturated carbocycles. The fourth-order valence-corrected chi connectivity index (χ4v) is 7.14. The fourth-order valence-electron chi connectivity index (χ4n) is 6.27. The van der Waals surface area contributed by atoms with Crippen molar-refractivity contribution in [1.82, 2.24) is 14.8 Å². The molecule has 2 aromatic carbocycles. The Morgan fingerprint density at radius 2 is 1.76 bits per heavy atom. The van der Waals surface area contributed by atoms with Crippen LogP contribution in [0.2, 0.25) is 0 Å². The lowest BCUT2D eigenvalue weighted by atomic mass is 9.94. The van der Waals surface area contributed by atoms with Crippen LogP contribution in [0.3, 0.4) is 0 Å². The van der Waals surface area contributed by atoms with Crippen LogP contribution in [0.1, 0.15) is 49.1 Å². The number of furan rings is 1. The standard InChI is InChI=1S/C31H29N5O5S/c1-19-32-23-10-9-21(17-26(23)42-19)36-29(38)22-6-2-7-24(27(22)31(36)40)35-11-3-5-20(18-35)28(37)33-12-14-34(15-13-33)30(39)25-8-4-16-41-25/h2,4,6-10,16-17,20H,3,5,11-15,18H2,1H3/t20-/m0/s1. The summed E-state index contributed by atoms with van der Waals surface area (Å²) in [4.78, 5) is 64.8. The summed E-state index contributed by atoms with van der Waals surface area (Å²) in [5.41, 5.74) is 2.83. The molecule has 7 rings (SSSR count). The van der Waals surface area contributed by atoms with Crippen LogP contribution in [0.5, 0.6) is 0 Å². The number of carbonyl (C=O) groups is 4. The molecule has 0 unspecified atom stereocenters. The minimum Gasteiger partial charge on any atom is -0.459 e. The summed E-state index contributed by atoms with van der Waals surface area (Å²) in [7, 11) is 0. The van der Waals surface area contributed by atoms with Crippen LogP contribution in [0.25, 0.3) is 10.2 Å². The first-order valence-electron chi connectivity index (χ1n) is 14.1. The molecule has 0 spiro atoms. The minimum atomic E-state index is -0.350. The number of imide groups is 1. The van der Waals surface area contributed by atoms with Gasteiger partial charge in [-0.25, -0.2) is 9.88 Å². The van der Waals surface area contributed by atoms with Crippen molar-refractivity contribution in [3.63, 3.8) is 0 Å². The molecule has 11 heteroatoms. The van der Waals surface area contributed by atoms with Gasteiger partial charge in [-0.1, -0.05) is 6.07 Å². The van der Waals surface area contributed by atoms with Gasteiger partial charge in [0.25, 0.3) is 17.7 Å². The Morgan fingerprint density at radius 1 is 0.952 bits per heavy atom. The Bertz CT molecular complexity index is 1720. The van der Waals surface area contributed by atoms with Gasteiger partial charge in [-0.3, -0.25) is 19.2 Å². The van der Waals surface area contributed by atoms with E-state index in [0.29, 0.717) is 67.5 Å². The van der Waals surface area contributed by atoms with Crippen molar-refractivity contribution in [3.8, 4) is 0 Å². The molecule has 214 valence electrons. The third kappa shape index (κ3) is 4.44. The maximum Gasteiger partial charge on any atom is 0.289 e. The number of piperazine rings is 1. The average Bonchev–Trinajstić information content (AvgIpc) is 3.74. The second-order valence-corrected chi connectivity index (χ2v) is 12.1. The zero-order chi connectivity index (χ0) is 29.0. The first-order valence-corrected chi connectivity index (χ1v) is 15.0. The van der Waals surface area contributed by atoms with Crippen LogP contribution in [0.4, 0.5) is 11.4 Å². The van der Waals surface area contributed by atoms with Crippen molar-refractivity contribution < 1.29 is 23.6 Å². The summed E-state index contributed by atoms with van der Waals surface area (Å²) in [6.45, 7) is 4.93. The lowest BCUT2D eigenvalue weighted by molar-refractivity contribution is -0.137. The molecule has 2 aromatic heterocycles. The van der Waals surface area contributed by atoms with Gasteiger partial charge in [0.1, 0.15) is 0 Å². The number of aromatic nitrogens is 1. The molecular formula is C31H29N5O5S. The zero-order valence-electron chi connectivity index (χ0n) is 23.1. The Balaban J connectivity index is 1.07. The highest BCUT2D eigenvalue weighted by Crippen LogP contribution is 2.37. The molecule has 0 bridgehead atoms. The fraction of sp³-hybridized carbons (Fsp3) is 0.323. The molecule has 0 aliphatic carbocycles. The monoisotopic (exact) mass is 583 g/mol. The number of piperidine rings is 1. The van der Waals surface area contributed by atoms with Crippen molar-refractivity contribution in [3.05, 3.63) is 76.7 Å². The molecule has 4 aromatic rings. The molecule has 10 nitrogen and oxygen atoms in total. The third-order valence-corrected chi connectivity index (χ3v) is 9.29. The van der Waals surface area contributed by atoms with Gasteiger partial charge in [-0.2, -0.15) is 0 Å². The van der Waals surface area contributed by atoms with E-state index >= 15 is 0 Å². The topological polar surface area (TPSA) is 107 Å².